The van der Waals surface area contributed by atoms with Gasteiger partial charge in [0, 0.05) is 0 Å². The van der Waals surface area contributed by atoms with E-state index < -0.39 is 18.0 Å². The summed E-state index contributed by atoms with van der Waals surface area (Å²) in [4.78, 5) is 10.6. The van der Waals surface area contributed by atoms with E-state index in [1.807, 2.05) is 0 Å². The lowest BCUT2D eigenvalue weighted by Crippen LogP contribution is -2.13. The molecule has 0 heterocycles. The van der Waals surface area contributed by atoms with Crippen molar-refractivity contribution in [3.8, 4) is 5.75 Å². The second-order valence-electron chi connectivity index (χ2n) is 4.71. The fourth-order valence-corrected chi connectivity index (χ4v) is 1.81. The van der Waals surface area contributed by atoms with E-state index in [0.29, 0.717) is 6.42 Å². The molecule has 3 nitrogen and oxygen atoms in total. The van der Waals surface area contributed by atoms with Gasteiger partial charge in [-0.25, -0.2) is 13.6 Å². The van der Waals surface area contributed by atoms with E-state index in [1.165, 1.54) is 12.1 Å². The smallest absolute Gasteiger partial charge is 0.335 e. The standard InChI is InChI=1S/C15H20F2O3/c1-2-3-4-5-6-12(16)10-20-14-8-7-11(15(18)19)9-13(14)17/h7-9,12H,2-6,10H2,1H3,(H,18,19). The van der Waals surface area contributed by atoms with Crippen molar-refractivity contribution in [2.45, 2.75) is 45.2 Å². The number of carboxylic acids is 1. The number of halogens is 2. The molecule has 0 aliphatic heterocycles. The predicted octanol–water partition coefficient (Wildman–Crippen LogP) is 4.21. The molecule has 112 valence electrons. The predicted molar refractivity (Wildman–Crippen MR) is 72.5 cm³/mol. The van der Waals surface area contributed by atoms with Crippen molar-refractivity contribution in [3.05, 3.63) is 29.6 Å². The van der Waals surface area contributed by atoms with Crippen LogP contribution in [-0.2, 0) is 0 Å². The molecule has 1 atom stereocenters. The van der Waals surface area contributed by atoms with Gasteiger partial charge in [-0.15, -0.1) is 0 Å². The minimum Gasteiger partial charge on any atom is -0.487 e. The Kier molecular flexibility index (Phi) is 6.98. The molecular formula is C15H20F2O3. The zero-order valence-corrected chi connectivity index (χ0v) is 11.6. The van der Waals surface area contributed by atoms with Crippen molar-refractivity contribution >= 4 is 5.97 Å². The number of ether oxygens (including phenoxy) is 1. The molecular weight excluding hydrogens is 266 g/mol. The summed E-state index contributed by atoms with van der Waals surface area (Å²) in [5, 5.41) is 8.69. The minimum atomic E-state index is -1.21. The third-order valence-electron chi connectivity index (χ3n) is 2.97. The van der Waals surface area contributed by atoms with Crippen molar-refractivity contribution in [1.29, 1.82) is 0 Å². The lowest BCUT2D eigenvalue weighted by atomic mass is 10.1. The number of aromatic carboxylic acids is 1. The van der Waals surface area contributed by atoms with Crippen LogP contribution in [0.1, 0.15) is 49.4 Å². The molecule has 1 aromatic carbocycles. The lowest BCUT2D eigenvalue weighted by Gasteiger charge is -2.11. The fourth-order valence-electron chi connectivity index (χ4n) is 1.81. The zero-order chi connectivity index (χ0) is 15.0. The SMILES string of the molecule is CCCCCCC(F)COc1ccc(C(=O)O)cc1F. The maximum absolute atomic E-state index is 13.5. The van der Waals surface area contributed by atoms with Crippen LogP contribution in [-0.4, -0.2) is 23.9 Å². The largest absolute Gasteiger partial charge is 0.487 e. The van der Waals surface area contributed by atoms with E-state index in [-0.39, 0.29) is 17.9 Å². The van der Waals surface area contributed by atoms with Crippen molar-refractivity contribution in [1.82, 2.24) is 0 Å². The first kappa shape index (κ1) is 16.4. The summed E-state index contributed by atoms with van der Waals surface area (Å²) < 4.78 is 32.1. The Bertz CT molecular complexity index is 435. The van der Waals surface area contributed by atoms with Crippen LogP contribution in [0.25, 0.3) is 0 Å². The Morgan fingerprint density at radius 3 is 2.70 bits per heavy atom. The quantitative estimate of drug-likeness (QED) is 0.692. The van der Waals surface area contributed by atoms with Crippen LogP contribution in [0.3, 0.4) is 0 Å². The number of unbranched alkanes of at least 4 members (excludes halogenated alkanes) is 3. The molecule has 0 amide bonds. The van der Waals surface area contributed by atoms with Crippen LogP contribution in [0.4, 0.5) is 8.78 Å². The van der Waals surface area contributed by atoms with Gasteiger partial charge in [0.1, 0.15) is 12.8 Å². The summed E-state index contributed by atoms with van der Waals surface area (Å²) in [6.07, 6.45) is 3.21. The first-order valence-corrected chi connectivity index (χ1v) is 6.84. The molecule has 0 saturated heterocycles. The van der Waals surface area contributed by atoms with Crippen LogP contribution in [0.5, 0.6) is 5.75 Å². The number of rotatable bonds is 9. The van der Waals surface area contributed by atoms with Crippen LogP contribution in [0.2, 0.25) is 0 Å². The summed E-state index contributed by atoms with van der Waals surface area (Å²) in [5.74, 6) is -2.12. The number of carbonyl (C=O) groups is 1. The average molecular weight is 286 g/mol. The van der Waals surface area contributed by atoms with Gasteiger partial charge < -0.3 is 9.84 Å². The first-order chi connectivity index (χ1) is 9.54. The Morgan fingerprint density at radius 1 is 1.35 bits per heavy atom. The second kappa shape index (κ2) is 8.51. The minimum absolute atomic E-state index is 0.119. The molecule has 1 unspecified atom stereocenters. The molecule has 0 saturated carbocycles. The molecule has 0 bridgehead atoms. The molecule has 0 aliphatic rings. The third-order valence-corrected chi connectivity index (χ3v) is 2.97. The van der Waals surface area contributed by atoms with Gasteiger partial charge in [0.05, 0.1) is 5.56 Å². The summed E-state index contributed by atoms with van der Waals surface area (Å²) in [5.41, 5.74) is -0.161. The highest BCUT2D eigenvalue weighted by Gasteiger charge is 2.12. The van der Waals surface area contributed by atoms with Gasteiger partial charge in [-0.3, -0.25) is 0 Å². The second-order valence-corrected chi connectivity index (χ2v) is 4.71. The average Bonchev–Trinajstić information content (AvgIpc) is 2.42. The number of hydrogen-bond donors (Lipinski definition) is 1. The lowest BCUT2D eigenvalue weighted by molar-refractivity contribution is 0.0696. The van der Waals surface area contributed by atoms with E-state index in [2.05, 4.69) is 6.92 Å². The van der Waals surface area contributed by atoms with Crippen LogP contribution in [0.15, 0.2) is 18.2 Å². The van der Waals surface area contributed by atoms with E-state index in [1.54, 1.807) is 0 Å². The summed E-state index contributed by atoms with van der Waals surface area (Å²) in [6, 6.07) is 3.31. The molecule has 1 rings (SSSR count). The molecule has 5 heteroatoms. The Hall–Kier alpha value is -1.65. The van der Waals surface area contributed by atoms with Gasteiger partial charge in [0.15, 0.2) is 11.6 Å². The summed E-state index contributed by atoms with van der Waals surface area (Å²) in [7, 11) is 0. The summed E-state index contributed by atoms with van der Waals surface area (Å²) >= 11 is 0. The van der Waals surface area contributed by atoms with Gasteiger partial charge in [-0.1, -0.05) is 32.6 Å². The topological polar surface area (TPSA) is 46.5 Å². The van der Waals surface area contributed by atoms with Crippen molar-refractivity contribution < 1.29 is 23.4 Å². The molecule has 1 N–H and O–H groups in total. The third kappa shape index (κ3) is 5.55. The van der Waals surface area contributed by atoms with Crippen LogP contribution >= 0.6 is 0 Å². The number of carboxylic acid groups (broad SMARTS) is 1. The van der Waals surface area contributed by atoms with Crippen molar-refractivity contribution in [2.75, 3.05) is 6.61 Å². The highest BCUT2D eigenvalue weighted by Crippen LogP contribution is 2.19. The molecule has 1 aromatic rings. The van der Waals surface area contributed by atoms with Gasteiger partial charge in [0.2, 0.25) is 0 Å². The summed E-state index contributed by atoms with van der Waals surface area (Å²) in [6.45, 7) is 1.87. The van der Waals surface area contributed by atoms with E-state index in [4.69, 9.17) is 9.84 Å². The number of alkyl halides is 1. The molecule has 0 spiro atoms. The number of benzene rings is 1. The Labute approximate surface area is 117 Å². The molecule has 0 fully saturated rings. The molecule has 0 aromatic heterocycles. The number of hydrogen-bond acceptors (Lipinski definition) is 2. The van der Waals surface area contributed by atoms with E-state index in [9.17, 15) is 13.6 Å². The normalized spacial score (nSPS) is 12.2. The van der Waals surface area contributed by atoms with E-state index >= 15 is 0 Å². The fraction of sp³-hybridized carbons (Fsp3) is 0.533. The van der Waals surface area contributed by atoms with Gasteiger partial charge in [0.25, 0.3) is 0 Å². The highest BCUT2D eigenvalue weighted by atomic mass is 19.1. The zero-order valence-electron chi connectivity index (χ0n) is 11.6. The van der Waals surface area contributed by atoms with Gasteiger partial charge in [-0.2, -0.15) is 0 Å². The maximum Gasteiger partial charge on any atom is 0.335 e. The van der Waals surface area contributed by atoms with Crippen molar-refractivity contribution in [2.24, 2.45) is 0 Å². The molecule has 0 radical (unpaired) electrons. The maximum atomic E-state index is 13.5. The highest BCUT2D eigenvalue weighted by molar-refractivity contribution is 5.87. The molecule has 20 heavy (non-hydrogen) atoms. The first-order valence-electron chi connectivity index (χ1n) is 6.84. The monoisotopic (exact) mass is 286 g/mol. The molecule has 0 aliphatic carbocycles. The Balaban J connectivity index is 2.39. The van der Waals surface area contributed by atoms with Gasteiger partial charge in [-0.05, 0) is 24.6 Å². The van der Waals surface area contributed by atoms with Crippen LogP contribution < -0.4 is 4.74 Å². The van der Waals surface area contributed by atoms with Crippen LogP contribution in [0, 0.1) is 5.82 Å². The van der Waals surface area contributed by atoms with Gasteiger partial charge >= 0.3 is 5.97 Å². The van der Waals surface area contributed by atoms with E-state index in [0.717, 1.165) is 31.7 Å². The Morgan fingerprint density at radius 2 is 2.10 bits per heavy atom. The van der Waals surface area contributed by atoms with Crippen molar-refractivity contribution in [3.63, 3.8) is 0 Å².